The number of aromatic nitrogens is 1. The summed E-state index contributed by atoms with van der Waals surface area (Å²) >= 11 is 6.23. The van der Waals surface area contributed by atoms with Gasteiger partial charge in [-0.1, -0.05) is 48.9 Å². The van der Waals surface area contributed by atoms with Gasteiger partial charge >= 0.3 is 0 Å². The zero-order valence-corrected chi connectivity index (χ0v) is 16.9. The van der Waals surface area contributed by atoms with Gasteiger partial charge in [-0.2, -0.15) is 0 Å². The molecular weight excluding hydrogens is 360 g/mol. The molecule has 1 aliphatic rings. The molecule has 4 nitrogen and oxygen atoms in total. The third-order valence-corrected chi connectivity index (χ3v) is 5.30. The number of nitrogens with zero attached hydrogens (tertiary/aromatic N) is 2. The highest BCUT2D eigenvalue weighted by molar-refractivity contribution is 6.30. The Morgan fingerprint density at radius 2 is 1.93 bits per heavy atom. The molecule has 3 unspecified atom stereocenters. The van der Waals surface area contributed by atoms with E-state index < -0.39 is 0 Å². The first-order chi connectivity index (χ1) is 13.1. The molecule has 27 heavy (non-hydrogen) atoms. The first kappa shape index (κ1) is 19.8. The van der Waals surface area contributed by atoms with E-state index in [0.29, 0.717) is 36.0 Å². The summed E-state index contributed by atoms with van der Waals surface area (Å²) in [5.74, 6) is 1.46. The van der Waals surface area contributed by atoms with Crippen LogP contribution in [-0.2, 0) is 17.8 Å². The van der Waals surface area contributed by atoms with Gasteiger partial charge < -0.3 is 9.47 Å². The smallest absolute Gasteiger partial charge is 0.171 e. The van der Waals surface area contributed by atoms with Crippen LogP contribution in [0.2, 0.25) is 5.15 Å². The van der Waals surface area contributed by atoms with Crippen LogP contribution in [0.1, 0.15) is 38.4 Å². The first-order valence-electron chi connectivity index (χ1n) is 9.54. The summed E-state index contributed by atoms with van der Waals surface area (Å²) in [6, 6.07) is 14.1. The molecule has 0 aliphatic carbocycles. The van der Waals surface area contributed by atoms with Crippen LogP contribution in [-0.4, -0.2) is 23.5 Å². The fourth-order valence-corrected chi connectivity index (χ4v) is 3.78. The Morgan fingerprint density at radius 1 is 1.15 bits per heavy atom. The third-order valence-electron chi connectivity index (χ3n) is 5.03. The maximum atomic E-state index is 6.23. The van der Waals surface area contributed by atoms with Gasteiger partial charge in [-0.05, 0) is 50.3 Å². The van der Waals surface area contributed by atoms with Gasteiger partial charge in [0.25, 0.3) is 0 Å². The van der Waals surface area contributed by atoms with Gasteiger partial charge in [0.2, 0.25) is 0 Å². The average Bonchev–Trinajstić information content (AvgIpc) is 2.66. The second-order valence-electron chi connectivity index (χ2n) is 7.07. The Kier molecular flexibility index (Phi) is 6.86. The lowest BCUT2D eigenvalue weighted by Gasteiger charge is -2.32. The van der Waals surface area contributed by atoms with E-state index in [9.17, 15) is 0 Å². The largest absolute Gasteiger partial charge is 0.491 e. The molecule has 0 bridgehead atoms. The molecule has 0 amide bonds. The van der Waals surface area contributed by atoms with Crippen molar-refractivity contribution in [3.8, 4) is 5.75 Å². The van der Waals surface area contributed by atoms with E-state index in [4.69, 9.17) is 26.1 Å². The van der Waals surface area contributed by atoms with E-state index in [1.165, 1.54) is 5.56 Å². The summed E-state index contributed by atoms with van der Waals surface area (Å²) in [7, 11) is 0. The summed E-state index contributed by atoms with van der Waals surface area (Å²) in [5, 5.41) is 0.427. The molecule has 0 fully saturated rings. The Hall–Kier alpha value is -1.91. The third kappa shape index (κ3) is 5.30. The lowest BCUT2D eigenvalue weighted by Crippen LogP contribution is -2.32. The highest BCUT2D eigenvalue weighted by Crippen LogP contribution is 2.31. The maximum Gasteiger partial charge on any atom is 0.171 e. The van der Waals surface area contributed by atoms with E-state index in [2.05, 4.69) is 31.0 Å². The number of benzene rings is 1. The molecule has 0 saturated carbocycles. The second-order valence-corrected chi connectivity index (χ2v) is 7.43. The molecule has 1 aromatic heterocycles. The van der Waals surface area contributed by atoms with Crippen molar-refractivity contribution in [1.29, 1.82) is 0 Å². The quantitative estimate of drug-likeness (QED) is 0.603. The number of ether oxygens (including phenoxy) is 2. The van der Waals surface area contributed by atoms with Gasteiger partial charge in [0.15, 0.2) is 10.9 Å². The molecule has 1 aromatic carbocycles. The maximum absolute atomic E-state index is 6.23. The topological polar surface area (TPSA) is 43.7 Å². The minimum Gasteiger partial charge on any atom is -0.491 e. The van der Waals surface area contributed by atoms with Crippen LogP contribution in [0.4, 0.5) is 0 Å². The number of hydrogen-bond acceptors (Lipinski definition) is 4. The molecule has 2 aromatic rings. The lowest BCUT2D eigenvalue weighted by atomic mass is 9.81. The van der Waals surface area contributed by atoms with Gasteiger partial charge in [-0.15, -0.1) is 0 Å². The molecule has 0 radical (unpaired) electrons. The van der Waals surface area contributed by atoms with Crippen molar-refractivity contribution in [2.75, 3.05) is 6.61 Å². The van der Waals surface area contributed by atoms with Crippen LogP contribution in [0.25, 0.3) is 0 Å². The van der Waals surface area contributed by atoms with Gasteiger partial charge in [-0.25, -0.2) is 4.98 Å². The zero-order valence-electron chi connectivity index (χ0n) is 16.2. The van der Waals surface area contributed by atoms with Crippen molar-refractivity contribution in [3.05, 3.63) is 58.9 Å². The molecule has 3 atom stereocenters. The van der Waals surface area contributed by atoms with Gasteiger partial charge in [0.1, 0.15) is 6.23 Å². The fraction of sp³-hybridized carbons (Fsp3) is 0.455. The molecule has 0 N–H and O–H groups in total. The zero-order chi connectivity index (χ0) is 19.2. The van der Waals surface area contributed by atoms with Crippen molar-refractivity contribution in [2.24, 2.45) is 16.8 Å². The number of rotatable bonds is 7. The highest BCUT2D eigenvalue weighted by atomic mass is 35.5. The number of pyridine rings is 1. The monoisotopic (exact) mass is 386 g/mol. The fourth-order valence-electron chi connectivity index (χ4n) is 3.55. The van der Waals surface area contributed by atoms with Gasteiger partial charge in [0.05, 0.1) is 13.2 Å². The van der Waals surface area contributed by atoms with Crippen LogP contribution >= 0.6 is 11.6 Å². The molecule has 3 rings (SSSR count). The lowest BCUT2D eigenvalue weighted by molar-refractivity contribution is 0.0224. The van der Waals surface area contributed by atoms with E-state index >= 15 is 0 Å². The predicted octanol–water partition coefficient (Wildman–Crippen LogP) is 5.34. The average molecular weight is 387 g/mol. The van der Waals surface area contributed by atoms with E-state index in [1.54, 1.807) is 0 Å². The summed E-state index contributed by atoms with van der Waals surface area (Å²) in [6.07, 6.45) is 1.67. The van der Waals surface area contributed by atoms with Crippen LogP contribution in [0.5, 0.6) is 5.75 Å². The van der Waals surface area contributed by atoms with Gasteiger partial charge in [0, 0.05) is 17.3 Å². The molecule has 2 heterocycles. The number of hydrogen-bond donors (Lipinski definition) is 0. The molecule has 144 valence electrons. The Morgan fingerprint density at radius 3 is 2.59 bits per heavy atom. The van der Waals surface area contributed by atoms with Crippen LogP contribution < -0.4 is 4.74 Å². The normalized spacial score (nSPS) is 22.4. The summed E-state index contributed by atoms with van der Waals surface area (Å²) in [5.41, 5.74) is 3.27. The van der Waals surface area contributed by atoms with Crippen LogP contribution in [0, 0.1) is 11.8 Å². The van der Waals surface area contributed by atoms with Crippen molar-refractivity contribution in [1.82, 2.24) is 4.98 Å². The molecule has 0 saturated heterocycles. The SMILES string of the molecule is CCOc1ccc(CC2C(C)=NC(OCc3ccccc3)CC2C)nc1Cl. The number of aliphatic imine (C=N–C) groups is 1. The Labute approximate surface area is 166 Å². The predicted molar refractivity (Wildman–Crippen MR) is 110 cm³/mol. The van der Waals surface area contributed by atoms with E-state index in [-0.39, 0.29) is 6.23 Å². The Bertz CT molecular complexity index is 779. The summed E-state index contributed by atoms with van der Waals surface area (Å²) in [4.78, 5) is 9.31. The van der Waals surface area contributed by atoms with Crippen molar-refractivity contribution in [3.63, 3.8) is 0 Å². The van der Waals surface area contributed by atoms with Crippen molar-refractivity contribution < 1.29 is 9.47 Å². The molecule has 1 aliphatic heterocycles. The van der Waals surface area contributed by atoms with Gasteiger partial charge in [-0.3, -0.25) is 4.99 Å². The highest BCUT2D eigenvalue weighted by Gasteiger charge is 2.29. The van der Waals surface area contributed by atoms with Crippen molar-refractivity contribution >= 4 is 17.3 Å². The molecule has 5 heteroatoms. The van der Waals surface area contributed by atoms with Crippen LogP contribution in [0.15, 0.2) is 47.5 Å². The van der Waals surface area contributed by atoms with Crippen LogP contribution in [0.3, 0.4) is 0 Å². The number of halogens is 1. The molecule has 0 spiro atoms. The van der Waals surface area contributed by atoms with Crippen molar-refractivity contribution in [2.45, 2.75) is 46.4 Å². The second kappa shape index (κ2) is 9.34. The summed E-state index contributed by atoms with van der Waals surface area (Å²) < 4.78 is 11.5. The minimum atomic E-state index is -0.0756. The summed E-state index contributed by atoms with van der Waals surface area (Å²) in [6.45, 7) is 7.46. The van der Waals surface area contributed by atoms with E-state index in [0.717, 1.165) is 24.2 Å². The minimum absolute atomic E-state index is 0.0756. The first-order valence-corrected chi connectivity index (χ1v) is 9.92. The molecular formula is C22H27ClN2O2. The standard InChI is InChI=1S/C22H27ClN2O2/c1-4-26-20-11-10-18(25-22(20)23)13-19-15(2)12-21(24-16(19)3)27-14-17-8-6-5-7-9-17/h5-11,15,19,21H,4,12-14H2,1-3H3. The Balaban J connectivity index is 1.63. The van der Waals surface area contributed by atoms with E-state index in [1.807, 2.05) is 37.3 Å².